The summed E-state index contributed by atoms with van der Waals surface area (Å²) in [6, 6.07) is -0.440. The number of hydrazine groups is 1. The molecule has 0 aliphatic carbocycles. The van der Waals surface area contributed by atoms with Crippen LogP contribution in [0, 0.1) is 0 Å². The van der Waals surface area contributed by atoms with E-state index in [1.807, 2.05) is 0 Å². The summed E-state index contributed by atoms with van der Waals surface area (Å²) in [5.74, 6) is 4.52. The van der Waals surface area contributed by atoms with Gasteiger partial charge in [0.25, 0.3) is 0 Å². The summed E-state index contributed by atoms with van der Waals surface area (Å²) in [5.41, 5.74) is 0. The number of carboxylic acids is 1. The first-order valence-corrected chi connectivity index (χ1v) is 2.96. The molecule has 1 aliphatic heterocycles. The molecule has 1 saturated heterocycles. The van der Waals surface area contributed by atoms with Gasteiger partial charge in [0.2, 0.25) is 0 Å². The summed E-state index contributed by atoms with van der Waals surface area (Å²) in [6.07, 6.45) is 1.58. The Hall–Kier alpha value is -0.610. The molecule has 0 bridgehead atoms. The number of nitrogens with zero attached hydrogens (tertiary/aromatic N) is 1. The zero-order chi connectivity index (χ0) is 6.85. The molecule has 0 amide bonds. The molecule has 4 heteroatoms. The Bertz CT molecular complexity index is 126. The first-order chi connectivity index (χ1) is 4.22. The minimum atomic E-state index is -0.810. The lowest BCUT2D eigenvalue weighted by Gasteiger charge is -2.12. The molecule has 1 aliphatic rings. The van der Waals surface area contributed by atoms with Gasteiger partial charge in [0.05, 0.1) is 0 Å². The normalized spacial score (nSPS) is 28.8. The first kappa shape index (κ1) is 6.51. The molecule has 1 heterocycles. The molecule has 3 N–H and O–H groups in total. The first-order valence-electron chi connectivity index (χ1n) is 2.96. The van der Waals surface area contributed by atoms with Crippen LogP contribution in [0.15, 0.2) is 0 Å². The van der Waals surface area contributed by atoms with E-state index in [1.165, 1.54) is 5.01 Å². The van der Waals surface area contributed by atoms with E-state index in [-0.39, 0.29) is 0 Å². The number of carboxylic acid groups (broad SMARTS) is 1. The largest absolute Gasteiger partial charge is 0.480 e. The van der Waals surface area contributed by atoms with Gasteiger partial charge in [-0.3, -0.25) is 10.6 Å². The average molecular weight is 130 g/mol. The molecule has 0 radical (unpaired) electrons. The van der Waals surface area contributed by atoms with E-state index >= 15 is 0 Å². The molecule has 0 unspecified atom stereocenters. The van der Waals surface area contributed by atoms with Crippen LogP contribution in [0.2, 0.25) is 0 Å². The van der Waals surface area contributed by atoms with Gasteiger partial charge >= 0.3 is 5.97 Å². The SMILES string of the molecule is NN1CCC[C@H]1C(=O)O. The average Bonchev–Trinajstić information content (AvgIpc) is 2.13. The molecule has 0 aromatic heterocycles. The van der Waals surface area contributed by atoms with Crippen molar-refractivity contribution in [3.8, 4) is 0 Å². The molecule has 9 heavy (non-hydrogen) atoms. The molecule has 1 atom stereocenters. The molecule has 0 aromatic carbocycles. The van der Waals surface area contributed by atoms with E-state index in [1.54, 1.807) is 0 Å². The highest BCUT2D eigenvalue weighted by atomic mass is 16.4. The maximum Gasteiger partial charge on any atom is 0.322 e. The van der Waals surface area contributed by atoms with Gasteiger partial charge in [-0.1, -0.05) is 0 Å². The van der Waals surface area contributed by atoms with Crippen LogP contribution >= 0.6 is 0 Å². The number of nitrogens with two attached hydrogens (primary N) is 1. The van der Waals surface area contributed by atoms with Crippen molar-refractivity contribution in [3.05, 3.63) is 0 Å². The maximum atomic E-state index is 10.3. The van der Waals surface area contributed by atoms with Crippen molar-refractivity contribution < 1.29 is 9.90 Å². The zero-order valence-corrected chi connectivity index (χ0v) is 5.08. The monoisotopic (exact) mass is 130 g/mol. The number of hydrogen-bond donors (Lipinski definition) is 2. The van der Waals surface area contributed by atoms with Crippen molar-refractivity contribution in [2.45, 2.75) is 18.9 Å². The van der Waals surface area contributed by atoms with Gasteiger partial charge in [-0.15, -0.1) is 0 Å². The summed E-state index contributed by atoms with van der Waals surface area (Å²) in [7, 11) is 0. The van der Waals surface area contributed by atoms with Crippen molar-refractivity contribution >= 4 is 5.97 Å². The molecule has 0 saturated carbocycles. The second-order valence-corrected chi connectivity index (χ2v) is 2.23. The molecular weight excluding hydrogens is 120 g/mol. The van der Waals surface area contributed by atoms with Crippen LogP contribution in [0.1, 0.15) is 12.8 Å². The fourth-order valence-electron chi connectivity index (χ4n) is 1.05. The highest BCUT2D eigenvalue weighted by molar-refractivity contribution is 5.73. The van der Waals surface area contributed by atoms with Gasteiger partial charge in [0.1, 0.15) is 6.04 Å². The van der Waals surface area contributed by atoms with E-state index in [4.69, 9.17) is 10.9 Å². The summed E-state index contributed by atoms with van der Waals surface area (Å²) in [4.78, 5) is 10.3. The Labute approximate surface area is 53.2 Å². The quantitative estimate of drug-likeness (QED) is 0.465. The second-order valence-electron chi connectivity index (χ2n) is 2.23. The lowest BCUT2D eigenvalue weighted by Crippen LogP contribution is -2.40. The van der Waals surface area contributed by atoms with E-state index in [0.717, 1.165) is 6.42 Å². The number of hydrogen-bond acceptors (Lipinski definition) is 3. The predicted molar refractivity (Wildman–Crippen MR) is 31.6 cm³/mol. The molecule has 1 rings (SSSR count). The van der Waals surface area contributed by atoms with Crippen LogP contribution in [-0.4, -0.2) is 28.7 Å². The summed E-state index contributed by atoms with van der Waals surface area (Å²) >= 11 is 0. The van der Waals surface area contributed by atoms with E-state index in [9.17, 15) is 4.79 Å². The van der Waals surface area contributed by atoms with Crippen LogP contribution in [0.25, 0.3) is 0 Å². The Morgan fingerprint density at radius 2 is 2.44 bits per heavy atom. The Kier molecular flexibility index (Phi) is 1.68. The zero-order valence-electron chi connectivity index (χ0n) is 5.08. The van der Waals surface area contributed by atoms with Crippen molar-refractivity contribution in [2.24, 2.45) is 5.84 Å². The molecule has 0 spiro atoms. The van der Waals surface area contributed by atoms with Crippen LogP contribution in [-0.2, 0) is 4.79 Å². The number of aliphatic carboxylic acids is 1. The fourth-order valence-corrected chi connectivity index (χ4v) is 1.05. The van der Waals surface area contributed by atoms with Crippen molar-refractivity contribution in [1.29, 1.82) is 0 Å². The van der Waals surface area contributed by atoms with Gasteiger partial charge < -0.3 is 5.11 Å². The molecule has 1 fully saturated rings. The third kappa shape index (κ3) is 1.20. The lowest BCUT2D eigenvalue weighted by molar-refractivity contribution is -0.142. The summed E-state index contributed by atoms with van der Waals surface area (Å²) < 4.78 is 0. The highest BCUT2D eigenvalue weighted by Crippen LogP contribution is 2.12. The van der Waals surface area contributed by atoms with Gasteiger partial charge in [0, 0.05) is 6.54 Å². The maximum absolute atomic E-state index is 10.3. The second kappa shape index (κ2) is 2.33. The fraction of sp³-hybridized carbons (Fsp3) is 0.800. The van der Waals surface area contributed by atoms with Crippen LogP contribution in [0.3, 0.4) is 0 Å². The Balaban J connectivity index is 2.49. The standard InChI is InChI=1S/C5H10N2O2/c6-7-3-1-2-4(7)5(8)9/h4H,1-3,6H2,(H,8,9)/t4-/m0/s1. The van der Waals surface area contributed by atoms with Gasteiger partial charge in [-0.25, -0.2) is 5.01 Å². The molecule has 52 valence electrons. The van der Waals surface area contributed by atoms with Crippen molar-refractivity contribution in [2.75, 3.05) is 6.54 Å². The third-order valence-corrected chi connectivity index (χ3v) is 1.58. The number of rotatable bonds is 1. The molecular formula is C5H10N2O2. The van der Waals surface area contributed by atoms with Crippen molar-refractivity contribution in [1.82, 2.24) is 5.01 Å². The van der Waals surface area contributed by atoms with Crippen LogP contribution in [0.5, 0.6) is 0 Å². The Morgan fingerprint density at radius 1 is 1.78 bits per heavy atom. The van der Waals surface area contributed by atoms with Gasteiger partial charge in [-0.05, 0) is 12.8 Å². The molecule has 0 aromatic rings. The predicted octanol–water partition coefficient (Wildman–Crippen LogP) is -0.591. The smallest absolute Gasteiger partial charge is 0.322 e. The van der Waals surface area contributed by atoms with Gasteiger partial charge in [-0.2, -0.15) is 0 Å². The van der Waals surface area contributed by atoms with Crippen LogP contribution in [0.4, 0.5) is 0 Å². The lowest BCUT2D eigenvalue weighted by atomic mass is 10.2. The Morgan fingerprint density at radius 3 is 2.67 bits per heavy atom. The third-order valence-electron chi connectivity index (χ3n) is 1.58. The van der Waals surface area contributed by atoms with Crippen molar-refractivity contribution in [3.63, 3.8) is 0 Å². The van der Waals surface area contributed by atoms with Crippen LogP contribution < -0.4 is 5.84 Å². The number of carbonyl (C=O) groups is 1. The molecule has 4 nitrogen and oxygen atoms in total. The highest BCUT2D eigenvalue weighted by Gasteiger charge is 2.27. The van der Waals surface area contributed by atoms with E-state index in [2.05, 4.69) is 0 Å². The van der Waals surface area contributed by atoms with E-state index in [0.29, 0.717) is 13.0 Å². The minimum Gasteiger partial charge on any atom is -0.480 e. The topological polar surface area (TPSA) is 66.6 Å². The van der Waals surface area contributed by atoms with E-state index < -0.39 is 12.0 Å². The van der Waals surface area contributed by atoms with Gasteiger partial charge in [0.15, 0.2) is 0 Å². The summed E-state index contributed by atoms with van der Waals surface area (Å²) in [6.45, 7) is 0.705. The minimum absolute atomic E-state index is 0.440. The summed E-state index contributed by atoms with van der Waals surface area (Å²) in [5, 5.41) is 9.84.